The largest absolute Gasteiger partial charge is 0.336 e. The lowest BCUT2D eigenvalue weighted by molar-refractivity contribution is 0.0771. The molecule has 0 saturated carbocycles. The van der Waals surface area contributed by atoms with Gasteiger partial charge in [0.1, 0.15) is 0 Å². The van der Waals surface area contributed by atoms with E-state index in [2.05, 4.69) is 17.1 Å². The first-order valence-corrected chi connectivity index (χ1v) is 5.11. The fourth-order valence-corrected chi connectivity index (χ4v) is 2.12. The molecule has 80 valence electrons. The summed E-state index contributed by atoms with van der Waals surface area (Å²) in [5, 5.41) is 2.79. The Labute approximate surface area is 84.2 Å². The number of hydrogen-bond donors (Lipinski definition) is 2. The number of carbonyl (C=O) groups is 1. The van der Waals surface area contributed by atoms with Gasteiger partial charge >= 0.3 is 6.03 Å². The second-order valence-corrected chi connectivity index (χ2v) is 4.58. The van der Waals surface area contributed by atoms with E-state index in [0.29, 0.717) is 0 Å². The van der Waals surface area contributed by atoms with Gasteiger partial charge in [0.25, 0.3) is 0 Å². The van der Waals surface area contributed by atoms with Gasteiger partial charge in [-0.2, -0.15) is 0 Å². The minimum atomic E-state index is -0.00668. The maximum atomic E-state index is 11.2. The molecule has 2 aliphatic heterocycles. The quantitative estimate of drug-likeness (QED) is 0.614. The zero-order chi connectivity index (χ0) is 10.2. The lowest BCUT2D eigenvalue weighted by atomic mass is 9.94. The molecular formula is C9H18N4O. The maximum Gasteiger partial charge on any atom is 0.317 e. The Hall–Kier alpha value is -0.810. The molecule has 0 spiro atoms. The van der Waals surface area contributed by atoms with Gasteiger partial charge in [0.15, 0.2) is 0 Å². The van der Waals surface area contributed by atoms with E-state index in [4.69, 9.17) is 5.73 Å². The molecule has 0 radical (unpaired) electrons. The van der Waals surface area contributed by atoms with E-state index in [1.165, 1.54) is 0 Å². The van der Waals surface area contributed by atoms with Crippen molar-refractivity contribution in [3.63, 3.8) is 0 Å². The third-order valence-electron chi connectivity index (χ3n) is 2.80. The molecule has 3 N–H and O–H groups in total. The highest BCUT2D eigenvalue weighted by molar-refractivity contribution is 5.76. The van der Waals surface area contributed by atoms with E-state index in [9.17, 15) is 4.79 Å². The van der Waals surface area contributed by atoms with Crippen LogP contribution in [0.2, 0.25) is 0 Å². The van der Waals surface area contributed by atoms with Crippen molar-refractivity contribution in [1.29, 1.82) is 0 Å². The standard InChI is InChI=1S/C9H18N4O/c1-9(10)6-12(7-9)4-5-13-3-2-11-8(13)14/h2-7,10H2,1H3,(H,11,14). The Morgan fingerprint density at radius 3 is 2.71 bits per heavy atom. The number of urea groups is 1. The summed E-state index contributed by atoms with van der Waals surface area (Å²) in [5.41, 5.74) is 5.88. The Bertz CT molecular complexity index is 233. The van der Waals surface area contributed by atoms with E-state index in [-0.39, 0.29) is 11.6 Å². The SMILES string of the molecule is CC1(N)CN(CCN2CCNC2=O)C1. The normalized spacial score (nSPS) is 26.1. The van der Waals surface area contributed by atoms with E-state index in [1.54, 1.807) is 0 Å². The first-order chi connectivity index (χ1) is 6.57. The number of carbonyl (C=O) groups excluding carboxylic acids is 1. The Morgan fingerprint density at radius 1 is 1.50 bits per heavy atom. The van der Waals surface area contributed by atoms with Crippen molar-refractivity contribution in [2.45, 2.75) is 12.5 Å². The van der Waals surface area contributed by atoms with Gasteiger partial charge in [-0.1, -0.05) is 0 Å². The zero-order valence-corrected chi connectivity index (χ0v) is 8.62. The average Bonchev–Trinajstić information content (AvgIpc) is 2.44. The van der Waals surface area contributed by atoms with Crippen molar-refractivity contribution in [3.8, 4) is 0 Å². The third-order valence-corrected chi connectivity index (χ3v) is 2.80. The molecule has 0 bridgehead atoms. The predicted octanol–water partition coefficient (Wildman–Crippen LogP) is -0.955. The summed E-state index contributed by atoms with van der Waals surface area (Å²) >= 11 is 0. The fourth-order valence-electron chi connectivity index (χ4n) is 2.12. The molecule has 2 aliphatic rings. The second kappa shape index (κ2) is 3.40. The van der Waals surface area contributed by atoms with Gasteiger partial charge in [0, 0.05) is 44.8 Å². The molecule has 5 heteroatoms. The lowest BCUT2D eigenvalue weighted by Crippen LogP contribution is -2.66. The van der Waals surface area contributed by atoms with Gasteiger partial charge in [0.2, 0.25) is 0 Å². The molecule has 2 heterocycles. The Morgan fingerprint density at radius 2 is 2.21 bits per heavy atom. The first kappa shape index (κ1) is 9.73. The lowest BCUT2D eigenvalue weighted by Gasteiger charge is -2.45. The van der Waals surface area contributed by atoms with Crippen LogP contribution in [0.15, 0.2) is 0 Å². The molecule has 0 aliphatic carbocycles. The van der Waals surface area contributed by atoms with Crippen molar-refractivity contribution in [3.05, 3.63) is 0 Å². The van der Waals surface area contributed by atoms with Crippen LogP contribution < -0.4 is 11.1 Å². The van der Waals surface area contributed by atoms with Crippen LogP contribution in [0.1, 0.15) is 6.92 Å². The van der Waals surface area contributed by atoms with Crippen LogP contribution in [-0.2, 0) is 0 Å². The minimum Gasteiger partial charge on any atom is -0.336 e. The summed E-state index contributed by atoms with van der Waals surface area (Å²) in [7, 11) is 0. The fraction of sp³-hybridized carbons (Fsp3) is 0.889. The number of hydrogen-bond acceptors (Lipinski definition) is 3. The predicted molar refractivity (Wildman–Crippen MR) is 54.0 cm³/mol. The summed E-state index contributed by atoms with van der Waals surface area (Å²) in [6, 6.07) is 0.0704. The van der Waals surface area contributed by atoms with Crippen LogP contribution in [-0.4, -0.2) is 60.6 Å². The molecule has 0 unspecified atom stereocenters. The molecule has 5 nitrogen and oxygen atoms in total. The molecule has 14 heavy (non-hydrogen) atoms. The van der Waals surface area contributed by atoms with Crippen LogP contribution >= 0.6 is 0 Å². The summed E-state index contributed by atoms with van der Waals surface area (Å²) in [5.74, 6) is 0. The van der Waals surface area contributed by atoms with Gasteiger partial charge in [-0.05, 0) is 6.92 Å². The highest BCUT2D eigenvalue weighted by Crippen LogP contribution is 2.16. The van der Waals surface area contributed by atoms with Crippen LogP contribution in [0.3, 0.4) is 0 Å². The Balaban J connectivity index is 1.66. The molecule has 2 saturated heterocycles. The van der Waals surface area contributed by atoms with Crippen molar-refractivity contribution in [2.75, 3.05) is 39.3 Å². The van der Waals surface area contributed by atoms with Crippen LogP contribution in [0, 0.1) is 0 Å². The third kappa shape index (κ3) is 1.99. The number of likely N-dealkylation sites (tertiary alicyclic amines) is 1. The summed E-state index contributed by atoms with van der Waals surface area (Å²) in [6.45, 7) is 7.35. The molecule has 0 aromatic heterocycles. The van der Waals surface area contributed by atoms with Gasteiger partial charge < -0.3 is 16.0 Å². The molecule has 0 aromatic rings. The van der Waals surface area contributed by atoms with E-state index in [0.717, 1.165) is 39.3 Å². The molecule has 0 atom stereocenters. The number of nitrogens with two attached hydrogens (primary N) is 1. The van der Waals surface area contributed by atoms with E-state index >= 15 is 0 Å². The van der Waals surface area contributed by atoms with Crippen LogP contribution in [0.5, 0.6) is 0 Å². The molecular weight excluding hydrogens is 180 g/mol. The molecule has 2 fully saturated rings. The first-order valence-electron chi connectivity index (χ1n) is 5.11. The Kier molecular flexibility index (Phi) is 2.36. The van der Waals surface area contributed by atoms with Crippen molar-refractivity contribution < 1.29 is 4.79 Å². The van der Waals surface area contributed by atoms with Gasteiger partial charge in [-0.3, -0.25) is 4.90 Å². The number of amides is 2. The van der Waals surface area contributed by atoms with Gasteiger partial charge in [-0.15, -0.1) is 0 Å². The zero-order valence-electron chi connectivity index (χ0n) is 8.62. The van der Waals surface area contributed by atoms with Gasteiger partial charge in [0.05, 0.1) is 0 Å². The molecule has 0 aromatic carbocycles. The van der Waals surface area contributed by atoms with Gasteiger partial charge in [-0.25, -0.2) is 4.79 Å². The molecule has 2 rings (SSSR count). The van der Waals surface area contributed by atoms with Crippen LogP contribution in [0.4, 0.5) is 4.79 Å². The maximum absolute atomic E-state index is 11.2. The van der Waals surface area contributed by atoms with Crippen LogP contribution in [0.25, 0.3) is 0 Å². The summed E-state index contributed by atoms with van der Waals surface area (Å²) < 4.78 is 0. The van der Waals surface area contributed by atoms with Crippen molar-refractivity contribution >= 4 is 6.03 Å². The minimum absolute atomic E-state index is 0.00668. The second-order valence-electron chi connectivity index (χ2n) is 4.58. The number of nitrogens with one attached hydrogen (secondary N) is 1. The van der Waals surface area contributed by atoms with Crippen molar-refractivity contribution in [1.82, 2.24) is 15.1 Å². The highest BCUT2D eigenvalue weighted by atomic mass is 16.2. The van der Waals surface area contributed by atoms with E-state index in [1.807, 2.05) is 4.90 Å². The molecule has 2 amide bonds. The topological polar surface area (TPSA) is 61.6 Å². The summed E-state index contributed by atoms with van der Waals surface area (Å²) in [4.78, 5) is 15.3. The number of nitrogens with zero attached hydrogens (tertiary/aromatic N) is 2. The van der Waals surface area contributed by atoms with Crippen molar-refractivity contribution in [2.24, 2.45) is 5.73 Å². The smallest absolute Gasteiger partial charge is 0.317 e. The summed E-state index contributed by atoms with van der Waals surface area (Å²) in [6.07, 6.45) is 0. The van der Waals surface area contributed by atoms with E-state index < -0.39 is 0 Å². The average molecular weight is 198 g/mol. The highest BCUT2D eigenvalue weighted by Gasteiger charge is 2.34. The monoisotopic (exact) mass is 198 g/mol. The number of rotatable bonds is 3.